The summed E-state index contributed by atoms with van der Waals surface area (Å²) in [6.45, 7) is 2.87. The van der Waals surface area contributed by atoms with Crippen LogP contribution in [0.15, 0.2) is 42.6 Å². The van der Waals surface area contributed by atoms with Crippen molar-refractivity contribution in [2.24, 2.45) is 5.73 Å². The predicted molar refractivity (Wildman–Crippen MR) is 84.4 cm³/mol. The Hall–Kier alpha value is -1.78. The van der Waals surface area contributed by atoms with E-state index in [1.807, 2.05) is 6.07 Å². The fourth-order valence-corrected chi connectivity index (χ4v) is 2.90. The summed E-state index contributed by atoms with van der Waals surface area (Å²) >= 11 is 5.08. The summed E-state index contributed by atoms with van der Waals surface area (Å²) < 4.78 is 0. The van der Waals surface area contributed by atoms with E-state index >= 15 is 0 Å². The van der Waals surface area contributed by atoms with Crippen LogP contribution in [0.4, 0.5) is 0 Å². The second-order valence-electron chi connectivity index (χ2n) is 5.10. The molecule has 1 aliphatic heterocycles. The molecule has 0 fully saturated rings. The summed E-state index contributed by atoms with van der Waals surface area (Å²) in [5.74, 6) is 0. The van der Waals surface area contributed by atoms with E-state index in [-0.39, 0.29) is 0 Å². The van der Waals surface area contributed by atoms with Gasteiger partial charge in [-0.1, -0.05) is 42.5 Å². The lowest BCUT2D eigenvalue weighted by atomic mass is 9.99. The van der Waals surface area contributed by atoms with Crippen LogP contribution in [0.2, 0.25) is 0 Å². The van der Waals surface area contributed by atoms with Gasteiger partial charge in [0.05, 0.1) is 0 Å². The molecular formula is C16H17N3S. The van der Waals surface area contributed by atoms with Crippen LogP contribution in [0.1, 0.15) is 22.4 Å². The van der Waals surface area contributed by atoms with Gasteiger partial charge in [-0.25, -0.2) is 0 Å². The van der Waals surface area contributed by atoms with Crippen LogP contribution in [0, 0.1) is 0 Å². The van der Waals surface area contributed by atoms with Crippen molar-refractivity contribution in [3.05, 3.63) is 65.0 Å². The molecule has 2 aromatic rings. The van der Waals surface area contributed by atoms with Gasteiger partial charge in [-0.15, -0.1) is 0 Å². The van der Waals surface area contributed by atoms with E-state index in [9.17, 15) is 0 Å². The molecule has 1 aliphatic rings. The zero-order valence-electron chi connectivity index (χ0n) is 11.2. The van der Waals surface area contributed by atoms with Crippen LogP contribution >= 0.6 is 12.2 Å². The lowest BCUT2D eigenvalue weighted by molar-refractivity contribution is 0.245. The van der Waals surface area contributed by atoms with Crippen LogP contribution in [0.25, 0.3) is 0 Å². The number of nitrogens with two attached hydrogens (primary N) is 1. The van der Waals surface area contributed by atoms with Gasteiger partial charge in [0.25, 0.3) is 0 Å². The molecule has 0 bridgehead atoms. The number of hydrogen-bond acceptors (Lipinski definition) is 3. The van der Waals surface area contributed by atoms with E-state index < -0.39 is 0 Å². The van der Waals surface area contributed by atoms with Gasteiger partial charge in [0.2, 0.25) is 0 Å². The predicted octanol–water partition coefficient (Wildman–Crippen LogP) is 2.27. The molecule has 102 valence electrons. The zero-order valence-corrected chi connectivity index (χ0v) is 12.1. The van der Waals surface area contributed by atoms with Crippen molar-refractivity contribution in [1.82, 2.24) is 9.88 Å². The second kappa shape index (κ2) is 5.69. The minimum absolute atomic E-state index is 0.373. The van der Waals surface area contributed by atoms with E-state index in [1.165, 1.54) is 11.1 Å². The maximum Gasteiger partial charge on any atom is 0.123 e. The largest absolute Gasteiger partial charge is 0.388 e. The van der Waals surface area contributed by atoms with Crippen LogP contribution in [-0.4, -0.2) is 21.4 Å². The van der Waals surface area contributed by atoms with Gasteiger partial charge in [0.1, 0.15) is 10.7 Å². The molecule has 0 unspecified atom stereocenters. The highest BCUT2D eigenvalue weighted by atomic mass is 32.1. The molecule has 0 amide bonds. The van der Waals surface area contributed by atoms with Crippen molar-refractivity contribution < 1.29 is 0 Å². The Balaban J connectivity index is 1.79. The highest BCUT2D eigenvalue weighted by Crippen LogP contribution is 2.20. The van der Waals surface area contributed by atoms with E-state index in [2.05, 4.69) is 40.2 Å². The van der Waals surface area contributed by atoms with Crippen molar-refractivity contribution in [3.8, 4) is 0 Å². The summed E-state index contributed by atoms with van der Waals surface area (Å²) in [5, 5.41) is 0. The van der Waals surface area contributed by atoms with E-state index in [1.54, 1.807) is 6.20 Å². The number of fused-ring (bicyclic) bond motifs is 1. The Kier molecular flexibility index (Phi) is 3.76. The minimum atomic E-state index is 0.373. The molecular weight excluding hydrogens is 266 g/mol. The first-order valence-corrected chi connectivity index (χ1v) is 7.17. The first-order chi connectivity index (χ1) is 9.74. The summed E-state index contributed by atoms with van der Waals surface area (Å²) in [6.07, 6.45) is 2.84. The Morgan fingerprint density at radius 3 is 2.80 bits per heavy atom. The van der Waals surface area contributed by atoms with Crippen LogP contribution in [0.5, 0.6) is 0 Å². The van der Waals surface area contributed by atoms with Gasteiger partial charge in [-0.3, -0.25) is 9.88 Å². The third-order valence-electron chi connectivity index (χ3n) is 3.73. The molecule has 20 heavy (non-hydrogen) atoms. The number of benzene rings is 1. The second-order valence-corrected chi connectivity index (χ2v) is 5.54. The number of nitrogens with zero attached hydrogens (tertiary/aromatic N) is 2. The third kappa shape index (κ3) is 2.71. The number of pyridine rings is 1. The Morgan fingerprint density at radius 1 is 1.20 bits per heavy atom. The maximum absolute atomic E-state index is 5.75. The van der Waals surface area contributed by atoms with Crippen molar-refractivity contribution in [2.75, 3.05) is 6.54 Å². The Bertz CT molecular complexity index is 639. The highest BCUT2D eigenvalue weighted by molar-refractivity contribution is 7.80. The van der Waals surface area contributed by atoms with E-state index in [0.717, 1.165) is 37.3 Å². The van der Waals surface area contributed by atoms with E-state index in [0.29, 0.717) is 4.99 Å². The smallest absolute Gasteiger partial charge is 0.123 e. The van der Waals surface area contributed by atoms with Crippen molar-refractivity contribution >= 4 is 17.2 Å². The highest BCUT2D eigenvalue weighted by Gasteiger charge is 2.17. The number of aromatic nitrogens is 1. The molecule has 0 atom stereocenters. The van der Waals surface area contributed by atoms with Gasteiger partial charge in [-0.05, 0) is 29.2 Å². The van der Waals surface area contributed by atoms with Gasteiger partial charge in [-0.2, -0.15) is 0 Å². The SMILES string of the molecule is NC(=S)c1ncccc1CN1CCc2ccccc2C1. The normalized spacial score (nSPS) is 14.8. The lowest BCUT2D eigenvalue weighted by Gasteiger charge is -2.29. The molecule has 0 spiro atoms. The first-order valence-electron chi connectivity index (χ1n) is 6.77. The van der Waals surface area contributed by atoms with E-state index in [4.69, 9.17) is 18.0 Å². The van der Waals surface area contributed by atoms with Crippen LogP contribution in [-0.2, 0) is 19.5 Å². The molecule has 3 nitrogen and oxygen atoms in total. The monoisotopic (exact) mass is 283 g/mol. The Morgan fingerprint density at radius 2 is 2.00 bits per heavy atom. The van der Waals surface area contributed by atoms with Gasteiger partial charge >= 0.3 is 0 Å². The van der Waals surface area contributed by atoms with Crippen molar-refractivity contribution in [3.63, 3.8) is 0 Å². The van der Waals surface area contributed by atoms with Crippen LogP contribution in [0.3, 0.4) is 0 Å². The summed E-state index contributed by atoms with van der Waals surface area (Å²) in [7, 11) is 0. The quantitative estimate of drug-likeness (QED) is 0.878. The molecule has 2 heterocycles. The summed E-state index contributed by atoms with van der Waals surface area (Å²) in [5.41, 5.74) is 10.5. The van der Waals surface area contributed by atoms with Crippen molar-refractivity contribution in [2.45, 2.75) is 19.5 Å². The minimum Gasteiger partial charge on any atom is -0.388 e. The molecule has 3 rings (SSSR count). The summed E-state index contributed by atoms with van der Waals surface area (Å²) in [6, 6.07) is 12.6. The molecule has 0 saturated carbocycles. The molecule has 4 heteroatoms. The first kappa shape index (κ1) is 13.2. The third-order valence-corrected chi connectivity index (χ3v) is 3.92. The topological polar surface area (TPSA) is 42.1 Å². The molecule has 0 radical (unpaired) electrons. The Labute approximate surface area is 124 Å². The number of thiocarbonyl (C=S) groups is 1. The molecule has 1 aromatic heterocycles. The van der Waals surface area contributed by atoms with Crippen molar-refractivity contribution in [1.29, 1.82) is 0 Å². The van der Waals surface area contributed by atoms with Gasteiger partial charge < -0.3 is 5.73 Å². The molecule has 1 aromatic carbocycles. The molecule has 0 saturated heterocycles. The van der Waals surface area contributed by atoms with Gasteiger partial charge in [0.15, 0.2) is 0 Å². The standard InChI is InChI=1S/C16H17N3S/c17-16(20)15-14(6-3-8-18-15)11-19-9-7-12-4-1-2-5-13(12)10-19/h1-6,8H,7,9-11H2,(H2,17,20). The number of hydrogen-bond donors (Lipinski definition) is 1. The fourth-order valence-electron chi connectivity index (χ4n) is 2.72. The fraction of sp³-hybridized carbons (Fsp3) is 0.250. The zero-order chi connectivity index (χ0) is 13.9. The summed E-state index contributed by atoms with van der Waals surface area (Å²) in [4.78, 5) is 7.09. The molecule has 0 aliphatic carbocycles. The maximum atomic E-state index is 5.75. The molecule has 2 N–H and O–H groups in total. The van der Waals surface area contributed by atoms with Gasteiger partial charge in [0, 0.05) is 25.8 Å². The average molecular weight is 283 g/mol. The lowest BCUT2D eigenvalue weighted by Crippen LogP contribution is -2.31. The van der Waals surface area contributed by atoms with Crippen LogP contribution < -0.4 is 5.73 Å². The number of rotatable bonds is 3. The average Bonchev–Trinajstić information content (AvgIpc) is 2.47.